The molecule has 21 heavy (non-hydrogen) atoms. The van der Waals surface area contributed by atoms with Gasteiger partial charge < -0.3 is 14.7 Å². The predicted molar refractivity (Wildman–Crippen MR) is 76.8 cm³/mol. The normalized spacial score (nSPS) is 30.3. The van der Waals surface area contributed by atoms with Crippen LogP contribution in [0.1, 0.15) is 57.8 Å². The molecule has 2 aliphatic carbocycles. The molecule has 2 atom stereocenters. The van der Waals surface area contributed by atoms with Gasteiger partial charge in [0.1, 0.15) is 6.10 Å². The lowest BCUT2D eigenvalue weighted by molar-refractivity contribution is -0.156. The van der Waals surface area contributed by atoms with Gasteiger partial charge in [0.2, 0.25) is 0 Å². The maximum absolute atomic E-state index is 12.8. The monoisotopic (exact) mass is 295 g/mol. The minimum atomic E-state index is -0.947. The highest BCUT2D eigenvalue weighted by molar-refractivity contribution is 5.83. The van der Waals surface area contributed by atoms with Gasteiger partial charge in [-0.2, -0.15) is 0 Å². The van der Waals surface area contributed by atoms with Crippen LogP contribution >= 0.6 is 0 Å². The number of rotatable bonds is 5. The van der Waals surface area contributed by atoms with Crippen molar-refractivity contribution in [2.75, 3.05) is 6.54 Å². The van der Waals surface area contributed by atoms with Crippen LogP contribution in [0.3, 0.4) is 0 Å². The summed E-state index contributed by atoms with van der Waals surface area (Å²) in [4.78, 5) is 25.8. The lowest BCUT2D eigenvalue weighted by Gasteiger charge is -2.36. The van der Waals surface area contributed by atoms with Crippen LogP contribution in [0.2, 0.25) is 0 Å². The SMILES string of the molecule is O=C(O)[C@H]1CC[C@@H](C(=O)N(CC2CC2)C2CCCCC2)O1. The number of carbonyl (C=O) groups is 2. The highest BCUT2D eigenvalue weighted by atomic mass is 16.5. The molecule has 0 radical (unpaired) electrons. The van der Waals surface area contributed by atoms with Gasteiger partial charge in [0.25, 0.3) is 5.91 Å². The number of hydrogen-bond donors (Lipinski definition) is 1. The van der Waals surface area contributed by atoms with Crippen molar-refractivity contribution >= 4 is 11.9 Å². The first kappa shape index (κ1) is 14.8. The number of ether oxygens (including phenoxy) is 1. The van der Waals surface area contributed by atoms with E-state index in [0.29, 0.717) is 24.8 Å². The molecule has 1 N–H and O–H groups in total. The van der Waals surface area contributed by atoms with Gasteiger partial charge >= 0.3 is 5.97 Å². The van der Waals surface area contributed by atoms with Crippen molar-refractivity contribution in [1.82, 2.24) is 4.90 Å². The summed E-state index contributed by atoms with van der Waals surface area (Å²) in [5.41, 5.74) is 0. The van der Waals surface area contributed by atoms with Crippen LogP contribution in [0.5, 0.6) is 0 Å². The highest BCUT2D eigenvalue weighted by Crippen LogP contribution is 2.34. The molecule has 1 amide bonds. The Morgan fingerprint density at radius 3 is 2.19 bits per heavy atom. The lowest BCUT2D eigenvalue weighted by atomic mass is 9.93. The standard InChI is InChI=1S/C16H25NO4/c18-15(13-8-9-14(21-13)16(19)20)17(10-11-6-7-11)12-4-2-1-3-5-12/h11-14H,1-10H2,(H,19,20)/t13-,14+/m0/s1. The Morgan fingerprint density at radius 2 is 1.62 bits per heavy atom. The van der Waals surface area contributed by atoms with Gasteiger partial charge in [-0.15, -0.1) is 0 Å². The minimum absolute atomic E-state index is 0.0394. The number of amides is 1. The second-order valence-corrected chi connectivity index (χ2v) is 6.75. The van der Waals surface area contributed by atoms with E-state index in [-0.39, 0.29) is 5.91 Å². The third-order valence-electron chi connectivity index (χ3n) is 5.02. The minimum Gasteiger partial charge on any atom is -0.479 e. The van der Waals surface area contributed by atoms with Crippen molar-refractivity contribution in [3.63, 3.8) is 0 Å². The first-order chi connectivity index (χ1) is 10.1. The second-order valence-electron chi connectivity index (χ2n) is 6.75. The molecule has 3 aliphatic rings. The van der Waals surface area contributed by atoms with Crippen LogP contribution in [0.25, 0.3) is 0 Å². The van der Waals surface area contributed by atoms with Crippen LogP contribution in [-0.4, -0.2) is 46.7 Å². The topological polar surface area (TPSA) is 66.8 Å². The largest absolute Gasteiger partial charge is 0.479 e. The third kappa shape index (κ3) is 3.57. The summed E-state index contributed by atoms with van der Waals surface area (Å²) in [5.74, 6) is -0.248. The average Bonchev–Trinajstić information content (AvgIpc) is 3.17. The third-order valence-corrected chi connectivity index (χ3v) is 5.02. The molecule has 0 aromatic heterocycles. The second kappa shape index (κ2) is 6.34. The van der Waals surface area contributed by atoms with Crippen molar-refractivity contribution < 1.29 is 19.4 Å². The van der Waals surface area contributed by atoms with Crippen molar-refractivity contribution in [1.29, 1.82) is 0 Å². The van der Waals surface area contributed by atoms with Crippen molar-refractivity contribution in [2.24, 2.45) is 5.92 Å². The number of aliphatic carboxylic acids is 1. The van der Waals surface area contributed by atoms with Crippen molar-refractivity contribution in [3.05, 3.63) is 0 Å². The zero-order valence-corrected chi connectivity index (χ0v) is 12.5. The van der Waals surface area contributed by atoms with Crippen molar-refractivity contribution in [2.45, 2.75) is 76.0 Å². The smallest absolute Gasteiger partial charge is 0.332 e. The fourth-order valence-corrected chi connectivity index (χ4v) is 3.58. The molecule has 1 heterocycles. The van der Waals surface area contributed by atoms with Gasteiger partial charge in [-0.3, -0.25) is 4.79 Å². The van der Waals surface area contributed by atoms with Gasteiger partial charge in [-0.05, 0) is 44.4 Å². The number of carboxylic acid groups (broad SMARTS) is 1. The Labute approximate surface area is 125 Å². The zero-order chi connectivity index (χ0) is 14.8. The molecule has 1 aliphatic heterocycles. The van der Waals surface area contributed by atoms with Crippen LogP contribution in [0.15, 0.2) is 0 Å². The fraction of sp³-hybridized carbons (Fsp3) is 0.875. The van der Waals surface area contributed by atoms with Crippen LogP contribution < -0.4 is 0 Å². The molecule has 3 fully saturated rings. The highest BCUT2D eigenvalue weighted by Gasteiger charge is 2.40. The number of carboxylic acids is 1. The van der Waals surface area contributed by atoms with E-state index >= 15 is 0 Å². The molecular formula is C16H25NO4. The van der Waals surface area contributed by atoms with E-state index in [1.54, 1.807) is 0 Å². The maximum Gasteiger partial charge on any atom is 0.332 e. The molecule has 5 heteroatoms. The summed E-state index contributed by atoms with van der Waals surface area (Å²) in [6.45, 7) is 0.848. The van der Waals surface area contributed by atoms with Crippen LogP contribution in [0.4, 0.5) is 0 Å². The summed E-state index contributed by atoms with van der Waals surface area (Å²) in [5, 5.41) is 9.01. The molecule has 0 aromatic carbocycles. The van der Waals surface area contributed by atoms with E-state index in [0.717, 1.165) is 19.4 Å². The Bertz CT molecular complexity index is 401. The molecule has 0 aromatic rings. The zero-order valence-electron chi connectivity index (χ0n) is 12.5. The first-order valence-corrected chi connectivity index (χ1v) is 8.34. The number of hydrogen-bond acceptors (Lipinski definition) is 3. The Morgan fingerprint density at radius 1 is 0.952 bits per heavy atom. The predicted octanol–water partition coefficient (Wildman–Crippen LogP) is 2.19. The number of carbonyl (C=O) groups excluding carboxylic acids is 1. The summed E-state index contributed by atoms with van der Waals surface area (Å²) in [6.07, 6.45) is 7.95. The molecule has 5 nitrogen and oxygen atoms in total. The molecule has 0 unspecified atom stereocenters. The lowest BCUT2D eigenvalue weighted by Crippen LogP contribution is -2.47. The Balaban J connectivity index is 1.64. The summed E-state index contributed by atoms with van der Waals surface area (Å²) >= 11 is 0. The first-order valence-electron chi connectivity index (χ1n) is 8.34. The summed E-state index contributed by atoms with van der Waals surface area (Å²) in [7, 11) is 0. The number of nitrogens with zero attached hydrogens (tertiary/aromatic N) is 1. The maximum atomic E-state index is 12.8. The van der Waals surface area contributed by atoms with Gasteiger partial charge in [0.15, 0.2) is 6.10 Å². The molecule has 0 spiro atoms. The van der Waals surface area contributed by atoms with Gasteiger partial charge in [0, 0.05) is 12.6 Å². The quantitative estimate of drug-likeness (QED) is 0.844. The van der Waals surface area contributed by atoms with E-state index in [1.807, 2.05) is 4.90 Å². The molecule has 1 saturated heterocycles. The van der Waals surface area contributed by atoms with E-state index in [2.05, 4.69) is 0 Å². The van der Waals surface area contributed by atoms with Crippen LogP contribution in [0, 0.1) is 5.92 Å². The summed E-state index contributed by atoms with van der Waals surface area (Å²) in [6, 6.07) is 0.347. The van der Waals surface area contributed by atoms with Gasteiger partial charge in [-0.1, -0.05) is 19.3 Å². The van der Waals surface area contributed by atoms with E-state index in [9.17, 15) is 9.59 Å². The van der Waals surface area contributed by atoms with Gasteiger partial charge in [-0.25, -0.2) is 4.79 Å². The van der Waals surface area contributed by atoms with Crippen molar-refractivity contribution in [3.8, 4) is 0 Å². The fourth-order valence-electron chi connectivity index (χ4n) is 3.58. The van der Waals surface area contributed by atoms with E-state index < -0.39 is 18.2 Å². The molecule has 0 bridgehead atoms. The summed E-state index contributed by atoms with van der Waals surface area (Å²) < 4.78 is 5.47. The van der Waals surface area contributed by atoms with Crippen LogP contribution in [-0.2, 0) is 14.3 Å². The molecular weight excluding hydrogens is 270 g/mol. The Kier molecular flexibility index (Phi) is 4.48. The van der Waals surface area contributed by atoms with Gasteiger partial charge in [0.05, 0.1) is 0 Å². The molecule has 2 saturated carbocycles. The molecule has 118 valence electrons. The average molecular weight is 295 g/mol. The molecule has 3 rings (SSSR count). The Hall–Kier alpha value is -1.10. The van der Waals surface area contributed by atoms with E-state index in [1.165, 1.54) is 32.1 Å². The van der Waals surface area contributed by atoms with E-state index in [4.69, 9.17) is 9.84 Å².